The Hall–Kier alpha value is -3.33. The number of carbonyl (C=O) groups is 2. The molecule has 1 aliphatic heterocycles. The monoisotopic (exact) mass is 425 g/mol. The van der Waals surface area contributed by atoms with Gasteiger partial charge in [0.1, 0.15) is 0 Å². The molecule has 8 nitrogen and oxygen atoms in total. The Morgan fingerprint density at radius 2 is 1.93 bits per heavy atom. The first kappa shape index (κ1) is 18.7. The van der Waals surface area contributed by atoms with Crippen molar-refractivity contribution in [2.75, 3.05) is 10.6 Å². The predicted octanol–water partition coefficient (Wildman–Crippen LogP) is 4.21. The zero-order chi connectivity index (χ0) is 20.6. The number of benzene rings is 1. The standard InChI is InChI=1S/C21H19N3O5S/c25-18(11-14-12-30-20(23-14)24-19(26)16-4-3-9-27-16)22-13-5-6-15-17(10-13)29-21(28-15)7-1-2-8-21/h3-6,9-10,12H,1-2,7-8,11H2,(H,22,25)(H,23,24,26). The fourth-order valence-electron chi connectivity index (χ4n) is 3.67. The molecule has 5 rings (SSSR count). The highest BCUT2D eigenvalue weighted by Gasteiger charge is 2.44. The Bertz CT molecular complexity index is 1090. The van der Waals surface area contributed by atoms with Gasteiger partial charge in [0.15, 0.2) is 22.4 Å². The van der Waals surface area contributed by atoms with E-state index in [2.05, 4.69) is 15.6 Å². The maximum atomic E-state index is 12.4. The van der Waals surface area contributed by atoms with Crippen LogP contribution in [-0.4, -0.2) is 22.6 Å². The Balaban J connectivity index is 1.18. The maximum absolute atomic E-state index is 12.4. The summed E-state index contributed by atoms with van der Waals surface area (Å²) in [7, 11) is 0. The van der Waals surface area contributed by atoms with Gasteiger partial charge >= 0.3 is 0 Å². The third-order valence-electron chi connectivity index (χ3n) is 5.04. The predicted molar refractivity (Wildman–Crippen MR) is 110 cm³/mol. The number of nitrogens with zero attached hydrogens (tertiary/aromatic N) is 1. The summed E-state index contributed by atoms with van der Waals surface area (Å²) in [4.78, 5) is 28.7. The highest BCUT2D eigenvalue weighted by atomic mass is 32.1. The van der Waals surface area contributed by atoms with Crippen molar-refractivity contribution in [1.82, 2.24) is 4.98 Å². The number of fused-ring (bicyclic) bond motifs is 1. The lowest BCUT2D eigenvalue weighted by molar-refractivity contribution is -0.115. The Kier molecular flexibility index (Phi) is 4.66. The molecule has 0 saturated heterocycles. The molecule has 9 heteroatoms. The van der Waals surface area contributed by atoms with Crippen LogP contribution in [0.4, 0.5) is 10.8 Å². The van der Waals surface area contributed by atoms with E-state index in [1.165, 1.54) is 17.6 Å². The minimum absolute atomic E-state index is 0.0888. The summed E-state index contributed by atoms with van der Waals surface area (Å²) in [6.07, 6.45) is 5.46. The third-order valence-corrected chi connectivity index (χ3v) is 5.85. The maximum Gasteiger partial charge on any atom is 0.293 e. The summed E-state index contributed by atoms with van der Waals surface area (Å²) in [5.74, 6) is 0.455. The normalized spacial score (nSPS) is 16.0. The van der Waals surface area contributed by atoms with E-state index in [9.17, 15) is 9.59 Å². The summed E-state index contributed by atoms with van der Waals surface area (Å²) >= 11 is 1.25. The molecule has 0 unspecified atom stereocenters. The number of furan rings is 1. The van der Waals surface area contributed by atoms with E-state index >= 15 is 0 Å². The third kappa shape index (κ3) is 3.76. The summed E-state index contributed by atoms with van der Waals surface area (Å²) < 4.78 is 17.1. The summed E-state index contributed by atoms with van der Waals surface area (Å²) in [5.41, 5.74) is 1.21. The number of carbonyl (C=O) groups excluding carboxylic acids is 2. The number of rotatable bonds is 5. The molecule has 30 heavy (non-hydrogen) atoms. The molecule has 1 aromatic carbocycles. The molecule has 2 aliphatic rings. The first-order valence-electron chi connectivity index (χ1n) is 9.70. The van der Waals surface area contributed by atoms with E-state index in [0.29, 0.717) is 28.0 Å². The quantitative estimate of drug-likeness (QED) is 0.635. The van der Waals surface area contributed by atoms with Crippen LogP contribution in [0.25, 0.3) is 0 Å². The van der Waals surface area contributed by atoms with Gasteiger partial charge in [-0.3, -0.25) is 14.9 Å². The van der Waals surface area contributed by atoms with Gasteiger partial charge in [-0.1, -0.05) is 0 Å². The molecule has 1 saturated carbocycles. The van der Waals surface area contributed by atoms with Gasteiger partial charge in [0.25, 0.3) is 11.7 Å². The van der Waals surface area contributed by atoms with Crippen molar-refractivity contribution in [2.45, 2.75) is 37.9 Å². The van der Waals surface area contributed by atoms with Crippen LogP contribution in [0.2, 0.25) is 0 Å². The van der Waals surface area contributed by atoms with Crippen molar-refractivity contribution in [3.05, 3.63) is 53.4 Å². The number of aromatic nitrogens is 1. The van der Waals surface area contributed by atoms with Crippen LogP contribution < -0.4 is 20.1 Å². The van der Waals surface area contributed by atoms with E-state index in [4.69, 9.17) is 13.9 Å². The van der Waals surface area contributed by atoms with E-state index in [1.807, 2.05) is 6.07 Å². The molecule has 154 valence electrons. The molecule has 3 aromatic rings. The molecule has 2 N–H and O–H groups in total. The molecule has 0 atom stereocenters. The smallest absolute Gasteiger partial charge is 0.293 e. The fraction of sp³-hybridized carbons (Fsp3) is 0.286. The average Bonchev–Trinajstić information content (AvgIpc) is 3.50. The minimum Gasteiger partial charge on any atom is -0.459 e. The summed E-state index contributed by atoms with van der Waals surface area (Å²) in [6.45, 7) is 0. The van der Waals surface area contributed by atoms with Crippen molar-refractivity contribution >= 4 is 34.0 Å². The Labute approximate surface area is 176 Å². The van der Waals surface area contributed by atoms with Gasteiger partial charge in [-0.15, -0.1) is 11.3 Å². The molecule has 2 amide bonds. The minimum atomic E-state index is -0.526. The number of ether oxygens (including phenoxy) is 2. The van der Waals surface area contributed by atoms with Crippen LogP contribution in [0.1, 0.15) is 41.9 Å². The van der Waals surface area contributed by atoms with Crippen molar-refractivity contribution in [1.29, 1.82) is 0 Å². The summed E-state index contributed by atoms with van der Waals surface area (Å²) in [6, 6.07) is 8.61. The highest BCUT2D eigenvalue weighted by molar-refractivity contribution is 7.14. The molecular weight excluding hydrogens is 406 g/mol. The molecule has 1 aliphatic carbocycles. The van der Waals surface area contributed by atoms with Gasteiger partial charge in [-0.05, 0) is 37.1 Å². The van der Waals surface area contributed by atoms with Crippen LogP contribution in [0.15, 0.2) is 46.4 Å². The van der Waals surface area contributed by atoms with Gasteiger partial charge in [0.2, 0.25) is 5.91 Å². The van der Waals surface area contributed by atoms with Gasteiger partial charge in [0.05, 0.1) is 18.4 Å². The SMILES string of the molecule is O=C(Cc1csc(NC(=O)c2ccco2)n1)Nc1ccc2c(c1)OC1(CCCC1)O2. The second kappa shape index (κ2) is 7.49. The second-order valence-corrected chi connectivity index (χ2v) is 8.14. The van der Waals surface area contributed by atoms with Gasteiger partial charge in [-0.25, -0.2) is 4.98 Å². The van der Waals surface area contributed by atoms with Gasteiger partial charge in [-0.2, -0.15) is 0 Å². The van der Waals surface area contributed by atoms with Crippen LogP contribution in [0.5, 0.6) is 11.5 Å². The second-order valence-electron chi connectivity index (χ2n) is 7.28. The topological polar surface area (TPSA) is 103 Å². The number of hydrogen-bond acceptors (Lipinski definition) is 7. The first-order chi connectivity index (χ1) is 14.6. The van der Waals surface area contributed by atoms with Crippen LogP contribution in [-0.2, 0) is 11.2 Å². The number of anilines is 2. The average molecular weight is 425 g/mol. The molecular formula is C21H19N3O5S. The first-order valence-corrected chi connectivity index (χ1v) is 10.6. The number of amides is 2. The molecule has 1 fully saturated rings. The lowest BCUT2D eigenvalue weighted by atomic mass is 10.2. The van der Waals surface area contributed by atoms with Crippen molar-refractivity contribution in [3.8, 4) is 11.5 Å². The lowest BCUT2D eigenvalue weighted by Gasteiger charge is -2.21. The van der Waals surface area contributed by atoms with Crippen molar-refractivity contribution in [3.63, 3.8) is 0 Å². The van der Waals surface area contributed by atoms with Crippen molar-refractivity contribution < 1.29 is 23.5 Å². The van der Waals surface area contributed by atoms with E-state index < -0.39 is 5.79 Å². The number of hydrogen-bond donors (Lipinski definition) is 2. The van der Waals surface area contributed by atoms with Gasteiger partial charge < -0.3 is 19.2 Å². The lowest BCUT2D eigenvalue weighted by Crippen LogP contribution is -2.34. The Morgan fingerprint density at radius 1 is 1.10 bits per heavy atom. The van der Waals surface area contributed by atoms with Crippen LogP contribution in [0, 0.1) is 0 Å². The summed E-state index contributed by atoms with van der Waals surface area (Å²) in [5, 5.41) is 7.66. The number of thiazole rings is 1. The molecule has 0 radical (unpaired) electrons. The highest BCUT2D eigenvalue weighted by Crippen LogP contribution is 2.47. The molecule has 0 bridgehead atoms. The van der Waals surface area contributed by atoms with E-state index in [1.54, 1.807) is 29.6 Å². The molecule has 2 aromatic heterocycles. The molecule has 1 spiro atoms. The van der Waals surface area contributed by atoms with E-state index in [0.717, 1.165) is 25.7 Å². The zero-order valence-electron chi connectivity index (χ0n) is 16.0. The Morgan fingerprint density at radius 3 is 2.73 bits per heavy atom. The number of nitrogens with one attached hydrogen (secondary N) is 2. The molecule has 3 heterocycles. The largest absolute Gasteiger partial charge is 0.459 e. The van der Waals surface area contributed by atoms with Crippen LogP contribution in [0.3, 0.4) is 0 Å². The van der Waals surface area contributed by atoms with Crippen molar-refractivity contribution in [2.24, 2.45) is 0 Å². The van der Waals surface area contributed by atoms with Gasteiger partial charge in [0, 0.05) is 30.0 Å². The van der Waals surface area contributed by atoms with Crippen LogP contribution >= 0.6 is 11.3 Å². The zero-order valence-corrected chi connectivity index (χ0v) is 16.8. The van der Waals surface area contributed by atoms with E-state index in [-0.39, 0.29) is 24.0 Å². The fourth-order valence-corrected chi connectivity index (χ4v) is 4.38.